The first-order chi connectivity index (χ1) is 12.0. The summed E-state index contributed by atoms with van der Waals surface area (Å²) in [6.07, 6.45) is 6.40. The summed E-state index contributed by atoms with van der Waals surface area (Å²) >= 11 is 3.44. The lowest BCUT2D eigenvalue weighted by molar-refractivity contribution is -0.145. The third-order valence-corrected chi connectivity index (χ3v) is 5.24. The summed E-state index contributed by atoms with van der Waals surface area (Å²) in [7, 11) is 0. The van der Waals surface area contributed by atoms with E-state index in [0.29, 0.717) is 11.3 Å². The second kappa shape index (κ2) is 8.04. The molecule has 1 heterocycles. The van der Waals surface area contributed by atoms with E-state index in [0.717, 1.165) is 35.7 Å². The van der Waals surface area contributed by atoms with Crippen molar-refractivity contribution in [1.82, 2.24) is 10.6 Å². The zero-order chi connectivity index (χ0) is 17.8. The second-order valence-electron chi connectivity index (χ2n) is 6.64. The molecule has 3 rings (SSSR count). The maximum Gasteiger partial charge on any atom is 0.338 e. The van der Waals surface area contributed by atoms with E-state index in [2.05, 4.69) is 26.6 Å². The predicted octanol–water partition coefficient (Wildman–Crippen LogP) is 4.34. The van der Waals surface area contributed by atoms with E-state index in [-0.39, 0.29) is 18.1 Å². The average Bonchev–Trinajstić information content (AvgIpc) is 2.82. The molecule has 1 aliphatic carbocycles. The molecule has 6 heteroatoms. The first-order valence-corrected chi connectivity index (χ1v) is 9.58. The highest BCUT2D eigenvalue weighted by Gasteiger charge is 2.33. The van der Waals surface area contributed by atoms with Crippen molar-refractivity contribution in [1.29, 1.82) is 0 Å². The summed E-state index contributed by atoms with van der Waals surface area (Å²) in [5, 5.41) is 5.53. The van der Waals surface area contributed by atoms with Crippen molar-refractivity contribution in [2.75, 3.05) is 0 Å². The lowest BCUT2D eigenvalue weighted by atomic mass is 9.95. The monoisotopic (exact) mass is 406 g/mol. The minimum atomic E-state index is -0.510. The first kappa shape index (κ1) is 18.0. The number of amides is 2. The van der Waals surface area contributed by atoms with Crippen LogP contribution in [0.5, 0.6) is 0 Å². The van der Waals surface area contributed by atoms with Gasteiger partial charge in [0.2, 0.25) is 0 Å². The molecule has 0 aromatic heterocycles. The fourth-order valence-corrected chi connectivity index (χ4v) is 3.89. The molecule has 1 unspecified atom stereocenters. The van der Waals surface area contributed by atoms with Crippen LogP contribution in [0.2, 0.25) is 0 Å². The van der Waals surface area contributed by atoms with Crippen molar-refractivity contribution in [2.45, 2.75) is 57.6 Å². The van der Waals surface area contributed by atoms with Crippen LogP contribution in [0.4, 0.5) is 4.79 Å². The molecule has 1 atom stereocenters. The van der Waals surface area contributed by atoms with E-state index in [4.69, 9.17) is 4.74 Å². The molecule has 1 aliphatic heterocycles. The minimum Gasteiger partial charge on any atom is -0.459 e. The molecule has 2 N–H and O–H groups in total. The van der Waals surface area contributed by atoms with Crippen LogP contribution in [0.1, 0.15) is 57.1 Å². The molecule has 5 nitrogen and oxygen atoms in total. The lowest BCUT2D eigenvalue weighted by Gasteiger charge is -2.29. The SMILES string of the molecule is CC1=C(C(=O)OC2CCCCCC2)C(c2cccc(Br)c2)NC(=O)N1. The third kappa shape index (κ3) is 4.42. The predicted molar refractivity (Wildman–Crippen MR) is 98.8 cm³/mol. The summed E-state index contributed by atoms with van der Waals surface area (Å²) in [5.74, 6) is -0.345. The number of allylic oxidation sites excluding steroid dienone is 1. The average molecular weight is 407 g/mol. The highest BCUT2D eigenvalue weighted by atomic mass is 79.9. The molecular formula is C19H23BrN2O3. The van der Waals surface area contributed by atoms with Crippen LogP contribution >= 0.6 is 15.9 Å². The number of benzene rings is 1. The number of hydrogen-bond donors (Lipinski definition) is 2. The van der Waals surface area contributed by atoms with Gasteiger partial charge in [0.15, 0.2) is 0 Å². The van der Waals surface area contributed by atoms with Crippen molar-refractivity contribution < 1.29 is 14.3 Å². The number of nitrogens with one attached hydrogen (secondary N) is 2. The Morgan fingerprint density at radius 2 is 1.92 bits per heavy atom. The molecule has 1 aromatic carbocycles. The van der Waals surface area contributed by atoms with Crippen LogP contribution in [0.3, 0.4) is 0 Å². The Bertz CT molecular complexity index is 694. The van der Waals surface area contributed by atoms with Gasteiger partial charge in [0.05, 0.1) is 11.6 Å². The molecule has 2 amide bonds. The van der Waals surface area contributed by atoms with Crippen LogP contribution in [0.15, 0.2) is 40.0 Å². The van der Waals surface area contributed by atoms with Crippen molar-refractivity contribution in [2.24, 2.45) is 0 Å². The molecule has 1 fully saturated rings. The number of carbonyl (C=O) groups excluding carboxylic acids is 2. The highest BCUT2D eigenvalue weighted by Crippen LogP contribution is 2.30. The summed E-state index contributed by atoms with van der Waals surface area (Å²) in [4.78, 5) is 24.8. The lowest BCUT2D eigenvalue weighted by Crippen LogP contribution is -2.45. The van der Waals surface area contributed by atoms with Gasteiger partial charge in [-0.05, 0) is 50.3 Å². The Labute approximate surface area is 156 Å². The quantitative estimate of drug-likeness (QED) is 0.579. The summed E-state index contributed by atoms with van der Waals surface area (Å²) in [5.41, 5.74) is 1.87. The van der Waals surface area contributed by atoms with E-state index < -0.39 is 6.04 Å². The Balaban J connectivity index is 1.85. The van der Waals surface area contributed by atoms with E-state index in [1.807, 2.05) is 24.3 Å². The molecule has 0 bridgehead atoms. The molecule has 1 aromatic rings. The van der Waals surface area contributed by atoms with E-state index in [9.17, 15) is 9.59 Å². The minimum absolute atomic E-state index is 0.0314. The Hall–Kier alpha value is -1.82. The first-order valence-electron chi connectivity index (χ1n) is 8.79. The van der Waals surface area contributed by atoms with E-state index >= 15 is 0 Å². The van der Waals surface area contributed by atoms with Gasteiger partial charge in [-0.1, -0.05) is 40.9 Å². The molecule has 25 heavy (non-hydrogen) atoms. The fourth-order valence-electron chi connectivity index (χ4n) is 3.48. The van der Waals surface area contributed by atoms with Crippen molar-refractivity contribution in [3.63, 3.8) is 0 Å². The zero-order valence-corrected chi connectivity index (χ0v) is 15.9. The van der Waals surface area contributed by atoms with Gasteiger partial charge in [0.1, 0.15) is 6.10 Å². The number of hydrogen-bond acceptors (Lipinski definition) is 3. The number of carbonyl (C=O) groups is 2. The van der Waals surface area contributed by atoms with Crippen LogP contribution in [0.25, 0.3) is 0 Å². The van der Waals surface area contributed by atoms with Gasteiger partial charge in [0, 0.05) is 10.2 Å². The van der Waals surface area contributed by atoms with Crippen LogP contribution in [-0.2, 0) is 9.53 Å². The molecule has 2 aliphatic rings. The number of ether oxygens (including phenoxy) is 1. The van der Waals surface area contributed by atoms with Gasteiger partial charge in [-0.25, -0.2) is 9.59 Å². The standard InChI is InChI=1S/C19H23BrN2O3/c1-12-16(18(23)25-15-9-4-2-3-5-10-15)17(22-19(24)21-12)13-7-6-8-14(20)11-13/h6-8,11,15,17H,2-5,9-10H2,1H3,(H2,21,22,24). The topological polar surface area (TPSA) is 67.4 Å². The van der Waals surface area contributed by atoms with Crippen molar-refractivity contribution in [3.05, 3.63) is 45.6 Å². The van der Waals surface area contributed by atoms with Gasteiger partial charge in [-0.3, -0.25) is 0 Å². The maximum atomic E-state index is 12.9. The summed E-state index contributed by atoms with van der Waals surface area (Å²) < 4.78 is 6.69. The number of esters is 1. The Kier molecular flexibility index (Phi) is 5.78. The molecule has 0 spiro atoms. The van der Waals surface area contributed by atoms with E-state index in [1.165, 1.54) is 12.8 Å². The highest BCUT2D eigenvalue weighted by molar-refractivity contribution is 9.10. The van der Waals surface area contributed by atoms with Gasteiger partial charge < -0.3 is 15.4 Å². The van der Waals surface area contributed by atoms with Gasteiger partial charge in [-0.2, -0.15) is 0 Å². The second-order valence-corrected chi connectivity index (χ2v) is 7.56. The van der Waals surface area contributed by atoms with Gasteiger partial charge in [0.25, 0.3) is 0 Å². The normalized spacial score (nSPS) is 22.0. The molecule has 134 valence electrons. The third-order valence-electron chi connectivity index (χ3n) is 4.75. The molecular weight excluding hydrogens is 384 g/mol. The Morgan fingerprint density at radius 3 is 2.60 bits per heavy atom. The Morgan fingerprint density at radius 1 is 1.20 bits per heavy atom. The molecule has 0 radical (unpaired) electrons. The molecule has 0 saturated heterocycles. The van der Waals surface area contributed by atoms with E-state index in [1.54, 1.807) is 6.92 Å². The number of urea groups is 1. The largest absolute Gasteiger partial charge is 0.459 e. The van der Waals surface area contributed by atoms with Crippen molar-refractivity contribution >= 4 is 27.9 Å². The van der Waals surface area contributed by atoms with Crippen LogP contribution in [0, 0.1) is 0 Å². The summed E-state index contributed by atoms with van der Waals surface area (Å²) in [6, 6.07) is 6.78. The van der Waals surface area contributed by atoms with Gasteiger partial charge >= 0.3 is 12.0 Å². The van der Waals surface area contributed by atoms with Crippen LogP contribution < -0.4 is 10.6 Å². The fraction of sp³-hybridized carbons (Fsp3) is 0.474. The van der Waals surface area contributed by atoms with Crippen LogP contribution in [-0.4, -0.2) is 18.1 Å². The molecule has 1 saturated carbocycles. The zero-order valence-electron chi connectivity index (χ0n) is 14.3. The smallest absolute Gasteiger partial charge is 0.338 e. The number of halogens is 1. The number of rotatable bonds is 3. The maximum absolute atomic E-state index is 12.9. The van der Waals surface area contributed by atoms with Gasteiger partial charge in [-0.15, -0.1) is 0 Å². The summed E-state index contributed by atoms with van der Waals surface area (Å²) in [6.45, 7) is 1.74. The van der Waals surface area contributed by atoms with Crippen molar-refractivity contribution in [3.8, 4) is 0 Å².